The molecule has 0 saturated heterocycles. The number of aromatic carboxylic acids is 1. The van der Waals surface area contributed by atoms with E-state index in [1.165, 1.54) is 26.0 Å². The van der Waals surface area contributed by atoms with Crippen molar-refractivity contribution in [3.05, 3.63) is 17.7 Å². The summed E-state index contributed by atoms with van der Waals surface area (Å²) < 4.78 is 10.1. The van der Waals surface area contributed by atoms with E-state index in [1.807, 2.05) is 6.26 Å². The third-order valence-corrected chi connectivity index (χ3v) is 2.69. The second kappa shape index (κ2) is 4.93. The van der Waals surface area contributed by atoms with Gasteiger partial charge in [-0.3, -0.25) is 0 Å². The van der Waals surface area contributed by atoms with Crippen LogP contribution in [0.1, 0.15) is 10.4 Å². The van der Waals surface area contributed by atoms with Crippen LogP contribution >= 0.6 is 11.8 Å². The minimum Gasteiger partial charge on any atom is -0.496 e. The molecule has 82 valence electrons. The molecule has 0 aromatic heterocycles. The number of hydrogen-bond acceptors (Lipinski definition) is 4. The molecule has 0 spiro atoms. The number of hydrogen-bond donors (Lipinski definition) is 1. The fraction of sp³-hybridized carbons (Fsp3) is 0.300. The Bertz CT molecular complexity index is 376. The van der Waals surface area contributed by atoms with E-state index in [0.29, 0.717) is 11.5 Å². The first-order valence-electron chi connectivity index (χ1n) is 4.17. The van der Waals surface area contributed by atoms with E-state index >= 15 is 0 Å². The van der Waals surface area contributed by atoms with Crippen molar-refractivity contribution in [3.63, 3.8) is 0 Å². The molecule has 1 aromatic rings. The summed E-state index contributed by atoms with van der Waals surface area (Å²) in [6.07, 6.45) is 1.86. The van der Waals surface area contributed by atoms with E-state index in [-0.39, 0.29) is 5.56 Å². The van der Waals surface area contributed by atoms with Crippen molar-refractivity contribution in [1.82, 2.24) is 0 Å². The zero-order valence-corrected chi connectivity index (χ0v) is 9.55. The van der Waals surface area contributed by atoms with Gasteiger partial charge in [0.2, 0.25) is 0 Å². The Morgan fingerprint density at radius 3 is 2.27 bits per heavy atom. The summed E-state index contributed by atoms with van der Waals surface area (Å²) in [5.74, 6) is -0.0914. The van der Waals surface area contributed by atoms with Gasteiger partial charge >= 0.3 is 5.97 Å². The van der Waals surface area contributed by atoms with Crippen molar-refractivity contribution in [1.29, 1.82) is 0 Å². The van der Waals surface area contributed by atoms with Crippen molar-refractivity contribution >= 4 is 17.7 Å². The quantitative estimate of drug-likeness (QED) is 0.800. The summed E-state index contributed by atoms with van der Waals surface area (Å²) in [7, 11) is 2.97. The number of rotatable bonds is 4. The van der Waals surface area contributed by atoms with E-state index in [1.54, 1.807) is 12.1 Å². The van der Waals surface area contributed by atoms with Gasteiger partial charge in [0.25, 0.3) is 0 Å². The van der Waals surface area contributed by atoms with Crippen LogP contribution in [-0.2, 0) is 0 Å². The van der Waals surface area contributed by atoms with Crippen LogP contribution in [0.15, 0.2) is 17.0 Å². The van der Waals surface area contributed by atoms with Crippen LogP contribution in [0.3, 0.4) is 0 Å². The molecule has 0 fully saturated rings. The highest BCUT2D eigenvalue weighted by molar-refractivity contribution is 7.98. The zero-order chi connectivity index (χ0) is 11.4. The van der Waals surface area contributed by atoms with Gasteiger partial charge in [-0.2, -0.15) is 0 Å². The normalized spacial score (nSPS) is 9.80. The predicted molar refractivity (Wildman–Crippen MR) is 58.3 cm³/mol. The lowest BCUT2D eigenvalue weighted by atomic mass is 10.2. The monoisotopic (exact) mass is 228 g/mol. The van der Waals surface area contributed by atoms with Crippen LogP contribution in [0, 0.1) is 0 Å². The third kappa shape index (κ3) is 2.36. The smallest absolute Gasteiger partial charge is 0.339 e. The average molecular weight is 228 g/mol. The first-order chi connectivity index (χ1) is 7.13. The fourth-order valence-electron chi connectivity index (χ4n) is 1.20. The number of ether oxygens (including phenoxy) is 2. The maximum Gasteiger partial charge on any atom is 0.339 e. The van der Waals surface area contributed by atoms with Crippen molar-refractivity contribution in [2.75, 3.05) is 20.5 Å². The lowest BCUT2D eigenvalue weighted by Gasteiger charge is -2.11. The topological polar surface area (TPSA) is 55.8 Å². The maximum absolute atomic E-state index is 10.9. The largest absolute Gasteiger partial charge is 0.496 e. The molecule has 0 aliphatic rings. The summed E-state index contributed by atoms with van der Waals surface area (Å²) in [5.41, 5.74) is 0.141. The van der Waals surface area contributed by atoms with E-state index < -0.39 is 5.97 Å². The molecule has 0 bridgehead atoms. The van der Waals surface area contributed by atoms with Gasteiger partial charge in [0.15, 0.2) is 0 Å². The van der Waals surface area contributed by atoms with Gasteiger partial charge in [0.05, 0.1) is 19.1 Å². The van der Waals surface area contributed by atoms with Crippen LogP contribution in [0.25, 0.3) is 0 Å². The Morgan fingerprint density at radius 1 is 1.27 bits per heavy atom. The van der Waals surface area contributed by atoms with Gasteiger partial charge in [-0.25, -0.2) is 4.79 Å². The second-order valence-electron chi connectivity index (χ2n) is 2.71. The van der Waals surface area contributed by atoms with Crippen LogP contribution in [0.2, 0.25) is 0 Å². The van der Waals surface area contributed by atoms with Gasteiger partial charge in [-0.1, -0.05) is 0 Å². The van der Waals surface area contributed by atoms with E-state index in [9.17, 15) is 4.79 Å². The van der Waals surface area contributed by atoms with Gasteiger partial charge in [0, 0.05) is 6.07 Å². The fourth-order valence-corrected chi connectivity index (χ4v) is 1.78. The summed E-state index contributed by atoms with van der Waals surface area (Å²) in [6.45, 7) is 0. The summed E-state index contributed by atoms with van der Waals surface area (Å²) in [6, 6.07) is 3.12. The van der Waals surface area contributed by atoms with Gasteiger partial charge < -0.3 is 14.6 Å². The number of benzene rings is 1. The summed E-state index contributed by atoms with van der Waals surface area (Å²) in [4.78, 5) is 11.7. The molecule has 0 aliphatic carbocycles. The molecule has 1 N–H and O–H groups in total. The lowest BCUT2D eigenvalue weighted by molar-refractivity contribution is 0.0693. The van der Waals surface area contributed by atoms with E-state index in [4.69, 9.17) is 14.6 Å². The van der Waals surface area contributed by atoms with Crippen molar-refractivity contribution < 1.29 is 19.4 Å². The highest BCUT2D eigenvalue weighted by Gasteiger charge is 2.15. The molecule has 0 radical (unpaired) electrons. The van der Waals surface area contributed by atoms with Crippen LogP contribution in [-0.4, -0.2) is 31.6 Å². The van der Waals surface area contributed by atoms with E-state index in [0.717, 1.165) is 4.90 Å². The zero-order valence-electron chi connectivity index (χ0n) is 8.73. The van der Waals surface area contributed by atoms with Gasteiger partial charge in [0.1, 0.15) is 17.1 Å². The highest BCUT2D eigenvalue weighted by atomic mass is 32.2. The predicted octanol–water partition coefficient (Wildman–Crippen LogP) is 2.12. The molecule has 4 nitrogen and oxygen atoms in total. The Labute approximate surface area is 92.2 Å². The number of methoxy groups -OCH3 is 2. The number of carboxylic acids is 1. The molecular weight excluding hydrogens is 216 g/mol. The molecule has 0 aliphatic heterocycles. The molecule has 1 rings (SSSR count). The minimum absolute atomic E-state index is 0.141. The number of thioether (sulfide) groups is 1. The van der Waals surface area contributed by atoms with Crippen LogP contribution in [0.5, 0.6) is 11.5 Å². The minimum atomic E-state index is -1.01. The number of carbonyl (C=O) groups is 1. The SMILES string of the molecule is COc1cc(OC)c(C(=O)O)cc1SC. The van der Waals surface area contributed by atoms with Crippen molar-refractivity contribution in [2.24, 2.45) is 0 Å². The van der Waals surface area contributed by atoms with Gasteiger partial charge in [-0.05, 0) is 12.3 Å². The summed E-state index contributed by atoms with van der Waals surface area (Å²) >= 11 is 1.43. The lowest BCUT2D eigenvalue weighted by Crippen LogP contribution is -2.01. The molecular formula is C10H12O4S. The Morgan fingerprint density at radius 2 is 1.87 bits per heavy atom. The molecule has 0 amide bonds. The first-order valence-corrected chi connectivity index (χ1v) is 5.39. The molecule has 0 heterocycles. The second-order valence-corrected chi connectivity index (χ2v) is 3.56. The standard InChI is InChI=1S/C10H12O4S/c1-13-7-5-8(14-2)9(15-3)4-6(7)10(11)12/h4-5H,1-3H3,(H,11,12). The average Bonchev–Trinajstić information content (AvgIpc) is 2.26. The van der Waals surface area contributed by atoms with Crippen molar-refractivity contribution in [3.8, 4) is 11.5 Å². The molecule has 0 unspecified atom stereocenters. The molecule has 0 atom stereocenters. The highest BCUT2D eigenvalue weighted by Crippen LogP contribution is 2.34. The third-order valence-electron chi connectivity index (χ3n) is 1.94. The Balaban J connectivity index is 3.34. The molecule has 1 aromatic carbocycles. The first kappa shape index (κ1) is 11.7. The Hall–Kier alpha value is -1.36. The van der Waals surface area contributed by atoms with Gasteiger partial charge in [-0.15, -0.1) is 11.8 Å². The molecule has 15 heavy (non-hydrogen) atoms. The maximum atomic E-state index is 10.9. The Kier molecular flexibility index (Phi) is 3.85. The van der Waals surface area contributed by atoms with Crippen molar-refractivity contribution in [2.45, 2.75) is 4.90 Å². The van der Waals surface area contributed by atoms with Crippen LogP contribution in [0.4, 0.5) is 0 Å². The van der Waals surface area contributed by atoms with E-state index in [2.05, 4.69) is 0 Å². The van der Waals surface area contributed by atoms with Crippen LogP contribution < -0.4 is 9.47 Å². The number of carboxylic acid groups (broad SMARTS) is 1. The summed E-state index contributed by atoms with van der Waals surface area (Å²) in [5, 5.41) is 8.95. The molecule has 0 saturated carbocycles. The molecule has 5 heteroatoms.